The summed E-state index contributed by atoms with van der Waals surface area (Å²) in [4.78, 5) is 50.3. The molecule has 2 aromatic rings. The van der Waals surface area contributed by atoms with E-state index in [9.17, 15) is 14.4 Å². The van der Waals surface area contributed by atoms with Gasteiger partial charge in [0.2, 0.25) is 5.91 Å². The second kappa shape index (κ2) is 8.96. The molecule has 4 heterocycles. The van der Waals surface area contributed by atoms with E-state index in [2.05, 4.69) is 28.2 Å². The van der Waals surface area contributed by atoms with Gasteiger partial charge >= 0.3 is 6.03 Å². The average Bonchev–Trinajstić information content (AvgIpc) is 3.46. The van der Waals surface area contributed by atoms with Crippen molar-refractivity contribution in [2.24, 2.45) is 0 Å². The molecule has 3 aliphatic heterocycles. The molecule has 3 aliphatic rings. The minimum absolute atomic E-state index is 0.0760. The molecule has 0 bridgehead atoms. The van der Waals surface area contributed by atoms with Gasteiger partial charge in [0.1, 0.15) is 5.82 Å². The lowest BCUT2D eigenvalue weighted by molar-refractivity contribution is -0.117. The van der Waals surface area contributed by atoms with Crippen LogP contribution in [0.2, 0.25) is 0 Å². The summed E-state index contributed by atoms with van der Waals surface area (Å²) in [7, 11) is 0. The maximum absolute atomic E-state index is 13.6. The smallest absolute Gasteiger partial charge is 0.322 e. The number of rotatable bonds is 4. The van der Waals surface area contributed by atoms with Crippen LogP contribution < -0.4 is 20.0 Å². The van der Waals surface area contributed by atoms with Crippen molar-refractivity contribution in [3.8, 4) is 0 Å². The number of hydrogen-bond acceptors (Lipinski definition) is 5. The van der Waals surface area contributed by atoms with E-state index in [1.54, 1.807) is 15.9 Å². The Morgan fingerprint density at radius 3 is 2.41 bits per heavy atom. The summed E-state index contributed by atoms with van der Waals surface area (Å²) in [5.41, 5.74) is 4.06. The number of carbonyl (C=O) groups excluding carboxylic acids is 3. The first-order chi connectivity index (χ1) is 16.4. The molecule has 9 heteroatoms. The van der Waals surface area contributed by atoms with Gasteiger partial charge < -0.3 is 20.0 Å². The van der Waals surface area contributed by atoms with E-state index in [-0.39, 0.29) is 17.8 Å². The van der Waals surface area contributed by atoms with Crippen molar-refractivity contribution in [1.82, 2.24) is 15.2 Å². The van der Waals surface area contributed by atoms with Gasteiger partial charge in [-0.1, -0.05) is 6.07 Å². The van der Waals surface area contributed by atoms with Crippen molar-refractivity contribution in [2.75, 3.05) is 60.5 Å². The lowest BCUT2D eigenvalue weighted by Gasteiger charge is -2.36. The SMILES string of the molecule is Cc1cnc(N2CCN(C(=O)c3ccc(N4CCCC4=O)cc3N3CCNC3=O)CC2)c(C)c1. The van der Waals surface area contributed by atoms with Crippen molar-refractivity contribution in [2.45, 2.75) is 26.7 Å². The molecule has 178 valence electrons. The summed E-state index contributed by atoms with van der Waals surface area (Å²) >= 11 is 0. The Kier molecular flexibility index (Phi) is 5.85. The molecule has 1 N–H and O–H groups in total. The van der Waals surface area contributed by atoms with E-state index < -0.39 is 0 Å². The van der Waals surface area contributed by atoms with Gasteiger partial charge in [0, 0.05) is 64.1 Å². The third-order valence-corrected chi connectivity index (χ3v) is 6.80. The lowest BCUT2D eigenvalue weighted by atomic mass is 10.1. The van der Waals surface area contributed by atoms with Gasteiger partial charge in [-0.3, -0.25) is 14.5 Å². The van der Waals surface area contributed by atoms with Crippen LogP contribution in [0, 0.1) is 13.8 Å². The van der Waals surface area contributed by atoms with Crippen LogP contribution in [-0.4, -0.2) is 73.5 Å². The van der Waals surface area contributed by atoms with Gasteiger partial charge in [-0.25, -0.2) is 9.78 Å². The summed E-state index contributed by atoms with van der Waals surface area (Å²) in [6, 6.07) is 7.31. The van der Waals surface area contributed by atoms with E-state index in [1.165, 1.54) is 0 Å². The summed E-state index contributed by atoms with van der Waals surface area (Å²) < 4.78 is 0. The van der Waals surface area contributed by atoms with Crippen LogP contribution in [0.25, 0.3) is 0 Å². The van der Waals surface area contributed by atoms with E-state index in [1.807, 2.05) is 30.2 Å². The zero-order valence-electron chi connectivity index (χ0n) is 19.7. The fraction of sp³-hybridized carbons (Fsp3) is 0.440. The maximum Gasteiger partial charge on any atom is 0.322 e. The summed E-state index contributed by atoms with van der Waals surface area (Å²) in [5.74, 6) is 0.945. The molecule has 0 unspecified atom stereocenters. The molecule has 1 aromatic carbocycles. The first-order valence-corrected chi connectivity index (χ1v) is 11.9. The van der Waals surface area contributed by atoms with Crippen molar-refractivity contribution in [1.29, 1.82) is 0 Å². The normalized spacial score (nSPS) is 18.6. The first kappa shape index (κ1) is 22.2. The molecule has 0 aliphatic carbocycles. The summed E-state index contributed by atoms with van der Waals surface area (Å²) in [5, 5.41) is 2.81. The van der Waals surface area contributed by atoms with Crippen LogP contribution in [0.1, 0.15) is 34.3 Å². The Labute approximate surface area is 199 Å². The number of anilines is 3. The molecule has 1 aromatic heterocycles. The number of pyridine rings is 1. The van der Waals surface area contributed by atoms with Crippen LogP contribution in [0.3, 0.4) is 0 Å². The fourth-order valence-corrected chi connectivity index (χ4v) is 5.05. The Hall–Kier alpha value is -3.62. The molecule has 0 radical (unpaired) electrons. The number of hydrogen-bond donors (Lipinski definition) is 1. The van der Waals surface area contributed by atoms with Crippen LogP contribution in [-0.2, 0) is 4.79 Å². The Balaban J connectivity index is 1.38. The van der Waals surface area contributed by atoms with E-state index in [4.69, 9.17) is 0 Å². The average molecular weight is 463 g/mol. The number of urea groups is 1. The standard InChI is InChI=1S/C25H30N6O3/c1-17-14-18(2)23(27-16-17)28-10-12-29(13-11-28)24(33)20-6-5-19(30-8-3-4-22(30)32)15-21(20)31-9-7-26-25(31)34/h5-6,14-16H,3-4,7-13H2,1-2H3,(H,26,34). The number of aryl methyl sites for hydroxylation is 2. The second-order valence-corrected chi connectivity index (χ2v) is 9.17. The molecule has 9 nitrogen and oxygen atoms in total. The predicted octanol–water partition coefficient (Wildman–Crippen LogP) is 2.32. The molecule has 5 rings (SSSR count). The molecule has 3 saturated heterocycles. The molecular weight excluding hydrogens is 432 g/mol. The van der Waals surface area contributed by atoms with E-state index >= 15 is 0 Å². The fourth-order valence-electron chi connectivity index (χ4n) is 5.05. The minimum atomic E-state index is -0.218. The highest BCUT2D eigenvalue weighted by Crippen LogP contribution is 2.32. The molecule has 34 heavy (non-hydrogen) atoms. The van der Waals surface area contributed by atoms with Crippen LogP contribution in [0.5, 0.6) is 0 Å². The highest BCUT2D eigenvalue weighted by molar-refractivity contribution is 6.07. The van der Waals surface area contributed by atoms with Crippen LogP contribution >= 0.6 is 0 Å². The van der Waals surface area contributed by atoms with E-state index in [0.29, 0.717) is 63.5 Å². The summed E-state index contributed by atoms with van der Waals surface area (Å²) in [6.07, 6.45) is 3.22. The topological polar surface area (TPSA) is 89.1 Å². The Bertz CT molecular complexity index is 1140. The third kappa shape index (κ3) is 4.06. The number of nitrogens with one attached hydrogen (secondary N) is 1. The van der Waals surface area contributed by atoms with Crippen LogP contribution in [0.15, 0.2) is 30.5 Å². The second-order valence-electron chi connectivity index (χ2n) is 9.17. The minimum Gasteiger partial charge on any atom is -0.353 e. The largest absolute Gasteiger partial charge is 0.353 e. The van der Waals surface area contributed by atoms with Gasteiger partial charge in [-0.05, 0) is 49.6 Å². The van der Waals surface area contributed by atoms with Gasteiger partial charge in [0.15, 0.2) is 0 Å². The predicted molar refractivity (Wildman–Crippen MR) is 131 cm³/mol. The number of nitrogens with zero attached hydrogens (tertiary/aromatic N) is 5. The van der Waals surface area contributed by atoms with Gasteiger partial charge in [0.05, 0.1) is 11.3 Å². The van der Waals surface area contributed by atoms with Gasteiger partial charge in [-0.15, -0.1) is 0 Å². The van der Waals surface area contributed by atoms with Crippen LogP contribution in [0.4, 0.5) is 22.0 Å². The molecule has 0 atom stereocenters. The highest BCUT2D eigenvalue weighted by Gasteiger charge is 2.31. The number of piperazine rings is 1. The number of aromatic nitrogens is 1. The molecule has 3 fully saturated rings. The van der Waals surface area contributed by atoms with E-state index in [0.717, 1.165) is 29.1 Å². The zero-order valence-corrected chi connectivity index (χ0v) is 19.7. The van der Waals surface area contributed by atoms with Crippen molar-refractivity contribution < 1.29 is 14.4 Å². The summed E-state index contributed by atoms with van der Waals surface area (Å²) in [6.45, 7) is 8.31. The maximum atomic E-state index is 13.6. The monoisotopic (exact) mass is 462 g/mol. The third-order valence-electron chi connectivity index (χ3n) is 6.80. The molecular formula is C25H30N6O3. The van der Waals surface area contributed by atoms with Crippen molar-refractivity contribution in [3.63, 3.8) is 0 Å². The lowest BCUT2D eigenvalue weighted by Crippen LogP contribution is -2.49. The Morgan fingerprint density at radius 1 is 0.971 bits per heavy atom. The van der Waals surface area contributed by atoms with Crippen molar-refractivity contribution >= 4 is 35.0 Å². The molecule has 0 saturated carbocycles. The number of amides is 4. The molecule has 4 amide bonds. The van der Waals surface area contributed by atoms with Gasteiger partial charge in [0.25, 0.3) is 5.91 Å². The number of carbonyl (C=O) groups is 3. The van der Waals surface area contributed by atoms with Gasteiger partial charge in [-0.2, -0.15) is 0 Å². The van der Waals surface area contributed by atoms with Crippen molar-refractivity contribution in [3.05, 3.63) is 47.2 Å². The first-order valence-electron chi connectivity index (χ1n) is 11.9. The number of benzene rings is 1. The highest BCUT2D eigenvalue weighted by atomic mass is 16.2. The quantitative estimate of drug-likeness (QED) is 0.753. The zero-order chi connectivity index (χ0) is 23.8. The molecule has 0 spiro atoms. The Morgan fingerprint density at radius 2 is 1.76 bits per heavy atom.